The lowest BCUT2D eigenvalue weighted by Gasteiger charge is -2.28. The molecule has 33 heavy (non-hydrogen) atoms. The SMILES string of the molecule is COc1ccc(O/C2=N/C(C)N(C)C(=O)N(CCCO)C(=O)CN2Cc2ccccc2)cc1. The molecule has 1 heterocycles. The topological polar surface area (TPSA) is 94.9 Å². The number of nitrogens with zero attached hydrogens (tertiary/aromatic N) is 4. The molecule has 9 heteroatoms. The van der Waals surface area contributed by atoms with Crippen molar-refractivity contribution in [3.8, 4) is 11.5 Å². The molecule has 1 atom stereocenters. The highest BCUT2D eigenvalue weighted by Crippen LogP contribution is 2.20. The van der Waals surface area contributed by atoms with Gasteiger partial charge in [0, 0.05) is 26.7 Å². The Morgan fingerprint density at radius 1 is 1.06 bits per heavy atom. The monoisotopic (exact) mass is 454 g/mol. The van der Waals surface area contributed by atoms with Crippen LogP contribution in [0.4, 0.5) is 4.79 Å². The molecule has 176 valence electrons. The lowest BCUT2D eigenvalue weighted by molar-refractivity contribution is -0.129. The Kier molecular flexibility index (Phi) is 8.26. The fourth-order valence-electron chi connectivity index (χ4n) is 3.32. The molecule has 2 aromatic rings. The molecular weight excluding hydrogens is 424 g/mol. The van der Waals surface area contributed by atoms with Crippen LogP contribution < -0.4 is 9.47 Å². The molecule has 0 bridgehead atoms. The van der Waals surface area contributed by atoms with Gasteiger partial charge in [0.05, 0.1) is 7.11 Å². The molecule has 0 aromatic heterocycles. The number of aliphatic hydroxyl groups excluding tert-OH is 1. The molecule has 0 spiro atoms. The van der Waals surface area contributed by atoms with Crippen LogP contribution in [0, 0.1) is 0 Å². The van der Waals surface area contributed by atoms with Gasteiger partial charge in [0.25, 0.3) is 6.02 Å². The lowest BCUT2D eigenvalue weighted by atomic mass is 10.2. The number of rotatable bonds is 7. The van der Waals surface area contributed by atoms with Crippen LogP contribution in [0.15, 0.2) is 59.6 Å². The van der Waals surface area contributed by atoms with Crippen LogP contribution in [0.25, 0.3) is 0 Å². The Hall–Kier alpha value is -3.59. The average molecular weight is 455 g/mol. The molecular formula is C24H30N4O5. The van der Waals surface area contributed by atoms with Gasteiger partial charge in [-0.3, -0.25) is 9.69 Å². The van der Waals surface area contributed by atoms with Crippen molar-refractivity contribution in [3.63, 3.8) is 0 Å². The Balaban J connectivity index is 1.98. The number of benzene rings is 2. The Labute approximate surface area is 193 Å². The Bertz CT molecular complexity index is 965. The van der Waals surface area contributed by atoms with Crippen LogP contribution in [0.3, 0.4) is 0 Å². The number of amidine groups is 1. The number of hydrogen-bond donors (Lipinski definition) is 1. The molecule has 2 aromatic carbocycles. The lowest BCUT2D eigenvalue weighted by Crippen LogP contribution is -2.49. The summed E-state index contributed by atoms with van der Waals surface area (Å²) in [5, 5.41) is 9.23. The van der Waals surface area contributed by atoms with Crippen LogP contribution >= 0.6 is 0 Å². The van der Waals surface area contributed by atoms with Crippen LogP contribution in [0.5, 0.6) is 11.5 Å². The molecule has 1 aliphatic heterocycles. The number of amides is 3. The van der Waals surface area contributed by atoms with E-state index in [2.05, 4.69) is 4.99 Å². The number of urea groups is 1. The van der Waals surface area contributed by atoms with E-state index < -0.39 is 18.1 Å². The zero-order valence-corrected chi connectivity index (χ0v) is 19.2. The molecule has 0 saturated carbocycles. The van der Waals surface area contributed by atoms with E-state index in [9.17, 15) is 14.7 Å². The standard InChI is InChI=1S/C24H30N4O5/c1-18-25-23(33-21-12-10-20(32-3)11-13-21)27(16-19-8-5-4-6-9-19)17-22(30)28(14-7-15-29)24(31)26(18)2/h4-6,8-13,18,29H,7,14-17H2,1-3H3/b25-23+. The number of methoxy groups -OCH3 is 1. The summed E-state index contributed by atoms with van der Waals surface area (Å²) in [4.78, 5) is 35.1. The molecule has 1 N–H and O–H groups in total. The fraction of sp³-hybridized carbons (Fsp3) is 0.375. The Morgan fingerprint density at radius 3 is 2.36 bits per heavy atom. The molecule has 0 radical (unpaired) electrons. The number of aliphatic imine (C=N–C) groups is 1. The maximum absolute atomic E-state index is 13.2. The van der Waals surface area contributed by atoms with E-state index in [0.717, 1.165) is 10.5 Å². The molecule has 0 saturated heterocycles. The van der Waals surface area contributed by atoms with Crippen molar-refractivity contribution in [3.05, 3.63) is 60.2 Å². The van der Waals surface area contributed by atoms with Gasteiger partial charge in [-0.15, -0.1) is 0 Å². The van der Waals surface area contributed by atoms with Crippen molar-refractivity contribution in [1.29, 1.82) is 0 Å². The van der Waals surface area contributed by atoms with E-state index in [4.69, 9.17) is 9.47 Å². The number of hydrogen-bond acceptors (Lipinski definition) is 7. The summed E-state index contributed by atoms with van der Waals surface area (Å²) in [5.41, 5.74) is 0.963. The van der Waals surface area contributed by atoms with E-state index >= 15 is 0 Å². The summed E-state index contributed by atoms with van der Waals surface area (Å²) in [6, 6.07) is 16.5. The summed E-state index contributed by atoms with van der Waals surface area (Å²) < 4.78 is 11.3. The predicted octanol–water partition coefficient (Wildman–Crippen LogP) is 2.55. The summed E-state index contributed by atoms with van der Waals surface area (Å²) in [7, 11) is 3.18. The van der Waals surface area contributed by atoms with Crippen molar-refractivity contribution in [2.45, 2.75) is 26.1 Å². The predicted molar refractivity (Wildman–Crippen MR) is 124 cm³/mol. The van der Waals surface area contributed by atoms with E-state index in [1.807, 2.05) is 30.3 Å². The van der Waals surface area contributed by atoms with Gasteiger partial charge in [-0.25, -0.2) is 9.79 Å². The second-order valence-corrected chi connectivity index (χ2v) is 7.68. The van der Waals surface area contributed by atoms with Gasteiger partial charge >= 0.3 is 6.03 Å². The van der Waals surface area contributed by atoms with Crippen LogP contribution in [0.2, 0.25) is 0 Å². The van der Waals surface area contributed by atoms with E-state index in [1.54, 1.807) is 50.2 Å². The van der Waals surface area contributed by atoms with Crippen molar-refractivity contribution in [2.75, 3.05) is 33.9 Å². The Morgan fingerprint density at radius 2 is 1.73 bits per heavy atom. The number of aliphatic hydroxyl groups is 1. The number of ether oxygens (including phenoxy) is 2. The molecule has 3 rings (SSSR count). The van der Waals surface area contributed by atoms with Gasteiger partial charge in [0.1, 0.15) is 24.2 Å². The molecule has 1 unspecified atom stereocenters. The third-order valence-corrected chi connectivity index (χ3v) is 5.31. The highest BCUT2D eigenvalue weighted by molar-refractivity contribution is 5.97. The number of imide groups is 1. The third-order valence-electron chi connectivity index (χ3n) is 5.31. The quantitative estimate of drug-likeness (QED) is 0.691. The summed E-state index contributed by atoms with van der Waals surface area (Å²) >= 11 is 0. The van der Waals surface area contributed by atoms with E-state index in [0.29, 0.717) is 24.5 Å². The molecule has 0 fully saturated rings. The minimum absolute atomic E-state index is 0.110. The second-order valence-electron chi connectivity index (χ2n) is 7.68. The fourth-order valence-corrected chi connectivity index (χ4v) is 3.32. The minimum atomic E-state index is -0.591. The summed E-state index contributed by atoms with van der Waals surface area (Å²) in [5.74, 6) is 0.822. The van der Waals surface area contributed by atoms with Gasteiger partial charge in [-0.2, -0.15) is 0 Å². The van der Waals surface area contributed by atoms with E-state index in [-0.39, 0.29) is 25.7 Å². The first-order valence-corrected chi connectivity index (χ1v) is 10.8. The van der Waals surface area contributed by atoms with Gasteiger partial charge in [0.2, 0.25) is 5.91 Å². The van der Waals surface area contributed by atoms with Crippen molar-refractivity contribution in [1.82, 2.24) is 14.7 Å². The molecule has 9 nitrogen and oxygen atoms in total. The maximum Gasteiger partial charge on any atom is 0.328 e. The number of carbonyl (C=O) groups is 2. The minimum Gasteiger partial charge on any atom is -0.497 e. The first kappa shape index (κ1) is 24.1. The second kappa shape index (κ2) is 11.3. The average Bonchev–Trinajstić information content (AvgIpc) is 2.85. The van der Waals surface area contributed by atoms with Crippen LogP contribution in [0.1, 0.15) is 18.9 Å². The first-order valence-electron chi connectivity index (χ1n) is 10.8. The normalized spacial score (nSPS) is 18.8. The van der Waals surface area contributed by atoms with Gasteiger partial charge < -0.3 is 24.4 Å². The largest absolute Gasteiger partial charge is 0.497 e. The smallest absolute Gasteiger partial charge is 0.328 e. The maximum atomic E-state index is 13.2. The molecule has 1 aliphatic rings. The van der Waals surface area contributed by atoms with Gasteiger partial charge in [0.15, 0.2) is 0 Å². The van der Waals surface area contributed by atoms with Crippen molar-refractivity contribution in [2.24, 2.45) is 4.99 Å². The summed E-state index contributed by atoms with van der Waals surface area (Å²) in [6.45, 7) is 2.02. The van der Waals surface area contributed by atoms with Crippen molar-refractivity contribution < 1.29 is 24.2 Å². The summed E-state index contributed by atoms with van der Waals surface area (Å²) in [6.07, 6.45) is -0.291. The highest BCUT2D eigenvalue weighted by Gasteiger charge is 2.32. The van der Waals surface area contributed by atoms with E-state index in [1.165, 1.54) is 4.90 Å². The van der Waals surface area contributed by atoms with Gasteiger partial charge in [-0.1, -0.05) is 30.3 Å². The molecule has 0 aliphatic carbocycles. The number of carbonyl (C=O) groups excluding carboxylic acids is 2. The zero-order chi connectivity index (χ0) is 23.8. The zero-order valence-electron chi connectivity index (χ0n) is 19.2. The van der Waals surface area contributed by atoms with Crippen molar-refractivity contribution >= 4 is 18.0 Å². The third kappa shape index (κ3) is 6.23. The van der Waals surface area contributed by atoms with Crippen LogP contribution in [-0.4, -0.2) is 77.8 Å². The van der Waals surface area contributed by atoms with Crippen LogP contribution in [-0.2, 0) is 11.3 Å². The molecule has 3 amide bonds. The van der Waals surface area contributed by atoms with Gasteiger partial charge in [-0.05, 0) is 43.2 Å². The highest BCUT2D eigenvalue weighted by atomic mass is 16.5. The first-order chi connectivity index (χ1) is 15.9.